The highest BCUT2D eigenvalue weighted by Crippen LogP contribution is 2.16. The third kappa shape index (κ3) is 3.47. The zero-order valence-electron chi connectivity index (χ0n) is 11.9. The van der Waals surface area contributed by atoms with Gasteiger partial charge in [-0.05, 0) is 38.6 Å². The monoisotopic (exact) mass is 267 g/mol. The molecule has 2 rings (SSSR count). The fourth-order valence-corrected chi connectivity index (χ4v) is 2.93. The Hall–Kier alpha value is -1.10. The van der Waals surface area contributed by atoms with Crippen molar-refractivity contribution in [2.45, 2.75) is 39.2 Å². The Bertz CT molecular complexity index is 340. The predicted octanol–water partition coefficient (Wildman–Crippen LogP) is 0.359. The first-order valence-electron chi connectivity index (χ1n) is 7.39. The van der Waals surface area contributed by atoms with Gasteiger partial charge in [0.15, 0.2) is 0 Å². The van der Waals surface area contributed by atoms with Crippen molar-refractivity contribution >= 4 is 11.8 Å². The molecule has 2 fully saturated rings. The molecule has 0 spiro atoms. The van der Waals surface area contributed by atoms with E-state index < -0.39 is 6.04 Å². The predicted molar refractivity (Wildman–Crippen MR) is 73.6 cm³/mol. The van der Waals surface area contributed by atoms with Gasteiger partial charge in [0.05, 0.1) is 5.92 Å². The first kappa shape index (κ1) is 14.3. The third-order valence-corrected chi connectivity index (χ3v) is 4.25. The molecule has 2 amide bonds. The Morgan fingerprint density at radius 2 is 1.89 bits per heavy atom. The van der Waals surface area contributed by atoms with Crippen molar-refractivity contribution in [2.75, 3.05) is 26.2 Å². The molecule has 2 N–H and O–H groups in total. The van der Waals surface area contributed by atoms with E-state index in [9.17, 15) is 9.59 Å². The van der Waals surface area contributed by atoms with Gasteiger partial charge in [0, 0.05) is 19.6 Å². The molecular formula is C14H25N3O2. The molecule has 0 aromatic heterocycles. The first-order valence-corrected chi connectivity index (χ1v) is 7.39. The standard InChI is InChI=1S/C14H25N3O2/c1-10-8-15-9-12(10)13(18)16-11(2)14(19)17-6-4-3-5-7-17/h10-12,15H,3-9H2,1-2H3,(H,16,18). The van der Waals surface area contributed by atoms with Crippen LogP contribution in [0, 0.1) is 11.8 Å². The number of rotatable bonds is 3. The lowest BCUT2D eigenvalue weighted by Crippen LogP contribution is -2.50. The molecule has 2 aliphatic rings. The fourth-order valence-electron chi connectivity index (χ4n) is 2.93. The minimum absolute atomic E-state index is 0.00314. The highest BCUT2D eigenvalue weighted by atomic mass is 16.2. The summed E-state index contributed by atoms with van der Waals surface area (Å²) in [6, 6.07) is -0.404. The van der Waals surface area contributed by atoms with E-state index in [0.29, 0.717) is 5.92 Å². The van der Waals surface area contributed by atoms with Crippen LogP contribution in [0.1, 0.15) is 33.1 Å². The SMILES string of the molecule is CC(NC(=O)C1CNCC1C)C(=O)N1CCCCC1. The fraction of sp³-hybridized carbons (Fsp3) is 0.857. The molecule has 0 saturated carbocycles. The highest BCUT2D eigenvalue weighted by Gasteiger charge is 2.32. The molecular weight excluding hydrogens is 242 g/mol. The van der Waals surface area contributed by atoms with E-state index in [2.05, 4.69) is 17.6 Å². The van der Waals surface area contributed by atoms with Gasteiger partial charge < -0.3 is 15.5 Å². The summed E-state index contributed by atoms with van der Waals surface area (Å²) in [7, 11) is 0. The van der Waals surface area contributed by atoms with Crippen LogP contribution in [0.15, 0.2) is 0 Å². The van der Waals surface area contributed by atoms with Gasteiger partial charge in [-0.25, -0.2) is 0 Å². The largest absolute Gasteiger partial charge is 0.344 e. The zero-order chi connectivity index (χ0) is 13.8. The van der Waals surface area contributed by atoms with Gasteiger partial charge in [-0.3, -0.25) is 9.59 Å². The van der Waals surface area contributed by atoms with Crippen LogP contribution in [0.4, 0.5) is 0 Å². The molecule has 2 aliphatic heterocycles. The summed E-state index contributed by atoms with van der Waals surface area (Å²) in [6.45, 7) is 7.13. The molecule has 0 radical (unpaired) electrons. The van der Waals surface area contributed by atoms with Crippen LogP contribution in [0.2, 0.25) is 0 Å². The first-order chi connectivity index (χ1) is 9.09. The summed E-state index contributed by atoms with van der Waals surface area (Å²) in [5, 5.41) is 6.09. The van der Waals surface area contributed by atoms with Crippen LogP contribution in [0.3, 0.4) is 0 Å². The second-order valence-electron chi connectivity index (χ2n) is 5.86. The van der Waals surface area contributed by atoms with Crippen LogP contribution in [-0.4, -0.2) is 48.9 Å². The van der Waals surface area contributed by atoms with E-state index in [1.54, 1.807) is 6.92 Å². The van der Waals surface area contributed by atoms with Crippen LogP contribution in [-0.2, 0) is 9.59 Å². The Morgan fingerprint density at radius 1 is 1.21 bits per heavy atom. The van der Waals surface area contributed by atoms with Crippen molar-refractivity contribution in [2.24, 2.45) is 11.8 Å². The molecule has 19 heavy (non-hydrogen) atoms. The second-order valence-corrected chi connectivity index (χ2v) is 5.86. The van der Waals surface area contributed by atoms with Gasteiger partial charge in [-0.15, -0.1) is 0 Å². The Kier molecular flexibility index (Phi) is 4.80. The molecule has 5 nitrogen and oxygen atoms in total. The molecule has 5 heteroatoms. The minimum Gasteiger partial charge on any atom is -0.344 e. The van der Waals surface area contributed by atoms with Crippen molar-refractivity contribution in [3.8, 4) is 0 Å². The molecule has 0 aromatic rings. The molecule has 0 aromatic carbocycles. The van der Waals surface area contributed by atoms with Gasteiger partial charge >= 0.3 is 0 Å². The molecule has 0 aliphatic carbocycles. The van der Waals surface area contributed by atoms with E-state index >= 15 is 0 Å². The van der Waals surface area contributed by atoms with Crippen LogP contribution in [0.5, 0.6) is 0 Å². The molecule has 2 heterocycles. The number of nitrogens with one attached hydrogen (secondary N) is 2. The topological polar surface area (TPSA) is 61.4 Å². The van der Waals surface area contributed by atoms with Crippen LogP contribution in [0.25, 0.3) is 0 Å². The lowest BCUT2D eigenvalue weighted by atomic mass is 9.97. The molecule has 3 atom stereocenters. The number of carbonyl (C=O) groups is 2. The second kappa shape index (κ2) is 6.37. The third-order valence-electron chi connectivity index (χ3n) is 4.25. The molecule has 108 valence electrons. The smallest absolute Gasteiger partial charge is 0.244 e. The van der Waals surface area contributed by atoms with Crippen molar-refractivity contribution in [3.05, 3.63) is 0 Å². The average molecular weight is 267 g/mol. The summed E-state index contributed by atoms with van der Waals surface area (Å²) in [4.78, 5) is 26.2. The van der Waals surface area contributed by atoms with E-state index in [-0.39, 0.29) is 17.7 Å². The van der Waals surface area contributed by atoms with Crippen LogP contribution < -0.4 is 10.6 Å². The van der Waals surface area contributed by atoms with Gasteiger partial charge in [0.1, 0.15) is 6.04 Å². The number of hydrogen-bond acceptors (Lipinski definition) is 3. The van der Waals surface area contributed by atoms with Crippen LogP contribution >= 0.6 is 0 Å². The van der Waals surface area contributed by atoms with Gasteiger partial charge in [0.25, 0.3) is 0 Å². The van der Waals surface area contributed by atoms with Crippen molar-refractivity contribution in [1.82, 2.24) is 15.5 Å². The van der Waals surface area contributed by atoms with Gasteiger partial charge in [-0.1, -0.05) is 6.92 Å². The lowest BCUT2D eigenvalue weighted by molar-refractivity contribution is -0.137. The van der Waals surface area contributed by atoms with E-state index in [0.717, 1.165) is 39.0 Å². The molecule has 3 unspecified atom stereocenters. The zero-order valence-corrected chi connectivity index (χ0v) is 11.9. The number of hydrogen-bond donors (Lipinski definition) is 2. The van der Waals surface area contributed by atoms with Crippen molar-refractivity contribution in [1.29, 1.82) is 0 Å². The normalized spacial score (nSPS) is 29.1. The maximum atomic E-state index is 12.2. The van der Waals surface area contributed by atoms with E-state index in [4.69, 9.17) is 0 Å². The van der Waals surface area contributed by atoms with Crippen molar-refractivity contribution < 1.29 is 9.59 Å². The Balaban J connectivity index is 1.83. The van der Waals surface area contributed by atoms with Crippen molar-refractivity contribution in [3.63, 3.8) is 0 Å². The highest BCUT2D eigenvalue weighted by molar-refractivity contribution is 5.88. The summed E-state index contributed by atoms with van der Waals surface area (Å²) in [6.07, 6.45) is 3.36. The molecule has 2 saturated heterocycles. The number of likely N-dealkylation sites (tertiary alicyclic amines) is 1. The minimum atomic E-state index is -0.404. The summed E-state index contributed by atoms with van der Waals surface area (Å²) < 4.78 is 0. The quantitative estimate of drug-likeness (QED) is 0.776. The number of piperidine rings is 1. The maximum absolute atomic E-state index is 12.2. The Morgan fingerprint density at radius 3 is 2.47 bits per heavy atom. The summed E-state index contributed by atoms with van der Waals surface area (Å²) in [5.74, 6) is 0.413. The summed E-state index contributed by atoms with van der Waals surface area (Å²) in [5.41, 5.74) is 0. The lowest BCUT2D eigenvalue weighted by Gasteiger charge is -2.30. The maximum Gasteiger partial charge on any atom is 0.244 e. The number of carbonyl (C=O) groups excluding carboxylic acids is 2. The van der Waals surface area contributed by atoms with Gasteiger partial charge in [0.2, 0.25) is 11.8 Å². The molecule has 0 bridgehead atoms. The Labute approximate surface area is 115 Å². The van der Waals surface area contributed by atoms with E-state index in [1.165, 1.54) is 6.42 Å². The summed E-state index contributed by atoms with van der Waals surface area (Å²) >= 11 is 0. The average Bonchev–Trinajstić information content (AvgIpc) is 2.85. The van der Waals surface area contributed by atoms with Gasteiger partial charge in [-0.2, -0.15) is 0 Å². The number of amides is 2. The van der Waals surface area contributed by atoms with E-state index in [1.807, 2.05) is 4.90 Å². The number of nitrogens with zero attached hydrogens (tertiary/aromatic N) is 1.